The fourth-order valence-corrected chi connectivity index (χ4v) is 2.97. The molecule has 0 aliphatic heterocycles. The predicted molar refractivity (Wildman–Crippen MR) is 99.5 cm³/mol. The first kappa shape index (κ1) is 16.6. The third kappa shape index (κ3) is 3.32. The molecule has 4 nitrogen and oxygen atoms in total. The van der Waals surface area contributed by atoms with Gasteiger partial charge in [-0.1, -0.05) is 29.8 Å². The van der Waals surface area contributed by atoms with E-state index >= 15 is 0 Å². The van der Waals surface area contributed by atoms with E-state index in [0.717, 1.165) is 16.1 Å². The van der Waals surface area contributed by atoms with Gasteiger partial charge in [-0.3, -0.25) is 4.79 Å². The van der Waals surface area contributed by atoms with Gasteiger partial charge in [-0.05, 0) is 43.5 Å². The van der Waals surface area contributed by atoms with Crippen LogP contribution < -0.4 is 5.32 Å². The Morgan fingerprint density at radius 2 is 1.96 bits per heavy atom. The van der Waals surface area contributed by atoms with Gasteiger partial charge in [0.1, 0.15) is 5.82 Å². The molecule has 3 aromatic rings. The van der Waals surface area contributed by atoms with Gasteiger partial charge in [0.05, 0.1) is 22.5 Å². The molecule has 0 bridgehead atoms. The van der Waals surface area contributed by atoms with Crippen LogP contribution >= 0.6 is 23.4 Å². The van der Waals surface area contributed by atoms with Crippen LogP contribution in [0.15, 0.2) is 59.6 Å². The molecule has 1 N–H and O–H groups in total. The lowest BCUT2D eigenvalue weighted by atomic mass is 10.2. The van der Waals surface area contributed by atoms with E-state index in [1.807, 2.05) is 49.6 Å². The van der Waals surface area contributed by atoms with E-state index in [1.165, 1.54) is 0 Å². The maximum atomic E-state index is 12.7. The lowest BCUT2D eigenvalue weighted by molar-refractivity contribution is 0.102. The minimum atomic E-state index is -0.253. The number of nitrogens with one attached hydrogen (secondary N) is 1. The van der Waals surface area contributed by atoms with Crippen LogP contribution in [-0.4, -0.2) is 21.9 Å². The lowest BCUT2D eigenvalue weighted by Gasteiger charge is -2.11. The number of hydrogen-bond acceptors (Lipinski definition) is 3. The number of carbonyl (C=O) groups excluding carboxylic acids is 1. The summed E-state index contributed by atoms with van der Waals surface area (Å²) in [6, 6.07) is 15.1. The first-order valence-corrected chi connectivity index (χ1v) is 8.95. The third-order valence-corrected chi connectivity index (χ3v) is 4.66. The van der Waals surface area contributed by atoms with E-state index in [4.69, 9.17) is 11.6 Å². The van der Waals surface area contributed by atoms with Gasteiger partial charge in [0.2, 0.25) is 0 Å². The minimum Gasteiger partial charge on any atom is -0.306 e. The summed E-state index contributed by atoms with van der Waals surface area (Å²) in [6.45, 7) is 1.90. The number of nitrogens with zero attached hydrogens (tertiary/aromatic N) is 2. The number of benzene rings is 2. The normalized spacial score (nSPS) is 10.6. The fourth-order valence-electron chi connectivity index (χ4n) is 2.33. The number of amides is 1. The molecule has 0 fully saturated rings. The molecule has 0 atom stereocenters. The summed E-state index contributed by atoms with van der Waals surface area (Å²) in [5.74, 6) is 0.383. The number of aryl methyl sites for hydroxylation is 1. The Balaban J connectivity index is 1.95. The average Bonchev–Trinajstić information content (AvgIpc) is 2.97. The molecule has 1 aromatic heterocycles. The first-order chi connectivity index (χ1) is 11.6. The number of aromatic nitrogens is 2. The monoisotopic (exact) mass is 357 g/mol. The molecule has 0 unspecified atom stereocenters. The number of carbonyl (C=O) groups is 1. The van der Waals surface area contributed by atoms with Crippen molar-refractivity contribution in [2.75, 3.05) is 11.6 Å². The Morgan fingerprint density at radius 1 is 1.21 bits per heavy atom. The van der Waals surface area contributed by atoms with Gasteiger partial charge in [-0.25, -0.2) is 4.68 Å². The molecule has 1 heterocycles. The minimum absolute atomic E-state index is 0.253. The van der Waals surface area contributed by atoms with Gasteiger partial charge in [-0.15, -0.1) is 11.8 Å². The summed E-state index contributed by atoms with van der Waals surface area (Å²) in [4.78, 5) is 13.7. The zero-order valence-corrected chi connectivity index (χ0v) is 14.9. The van der Waals surface area contributed by atoms with Crippen LogP contribution in [0.3, 0.4) is 0 Å². The highest BCUT2D eigenvalue weighted by Crippen LogP contribution is 2.25. The Morgan fingerprint density at radius 3 is 2.67 bits per heavy atom. The van der Waals surface area contributed by atoms with Crippen molar-refractivity contribution < 1.29 is 4.79 Å². The summed E-state index contributed by atoms with van der Waals surface area (Å²) in [5, 5.41) is 7.71. The van der Waals surface area contributed by atoms with Crippen LogP contribution in [0.5, 0.6) is 0 Å². The lowest BCUT2D eigenvalue weighted by Crippen LogP contribution is -2.16. The van der Waals surface area contributed by atoms with Crippen LogP contribution in [0.2, 0.25) is 5.02 Å². The first-order valence-electron chi connectivity index (χ1n) is 7.35. The summed E-state index contributed by atoms with van der Waals surface area (Å²) in [5.41, 5.74) is 2.21. The summed E-state index contributed by atoms with van der Waals surface area (Å²) < 4.78 is 1.71. The van der Waals surface area contributed by atoms with Crippen molar-refractivity contribution >= 4 is 35.1 Å². The number of para-hydroxylation sites is 1. The fraction of sp³-hybridized carbons (Fsp3) is 0.111. The molecule has 6 heteroatoms. The molecule has 0 saturated carbocycles. The molecule has 0 saturated heterocycles. The molecule has 0 spiro atoms. The smallest absolute Gasteiger partial charge is 0.258 e. The van der Waals surface area contributed by atoms with E-state index < -0.39 is 0 Å². The molecule has 0 radical (unpaired) electrons. The molecule has 2 aromatic carbocycles. The van der Waals surface area contributed by atoms with Gasteiger partial charge in [0, 0.05) is 10.5 Å². The zero-order chi connectivity index (χ0) is 17.1. The van der Waals surface area contributed by atoms with Crippen molar-refractivity contribution in [3.05, 3.63) is 70.9 Å². The van der Waals surface area contributed by atoms with Crippen molar-refractivity contribution in [2.45, 2.75) is 11.8 Å². The van der Waals surface area contributed by atoms with Gasteiger partial charge in [0.15, 0.2) is 0 Å². The van der Waals surface area contributed by atoms with E-state index in [-0.39, 0.29) is 5.91 Å². The largest absolute Gasteiger partial charge is 0.306 e. The third-order valence-electron chi connectivity index (χ3n) is 3.60. The standard InChI is InChI=1S/C18H16ClN3OS/c1-12-11-20-22(13-6-4-3-5-7-13)17(12)21-18(23)15-10-14(24-2)8-9-16(15)19/h3-11H,1-2H3,(H,21,23). The summed E-state index contributed by atoms with van der Waals surface area (Å²) in [6.07, 6.45) is 3.68. The highest BCUT2D eigenvalue weighted by atomic mass is 35.5. The van der Waals surface area contributed by atoms with Crippen LogP contribution in [0.1, 0.15) is 15.9 Å². The Hall–Kier alpha value is -2.24. The second kappa shape index (κ2) is 7.11. The van der Waals surface area contributed by atoms with Gasteiger partial charge in [-0.2, -0.15) is 5.10 Å². The average molecular weight is 358 g/mol. The molecule has 0 aliphatic rings. The maximum Gasteiger partial charge on any atom is 0.258 e. The second-order valence-electron chi connectivity index (χ2n) is 5.22. The molecule has 3 rings (SSSR count). The van der Waals surface area contributed by atoms with E-state index in [0.29, 0.717) is 16.4 Å². The van der Waals surface area contributed by atoms with Crippen molar-refractivity contribution in [1.82, 2.24) is 9.78 Å². The molecular weight excluding hydrogens is 342 g/mol. The van der Waals surface area contributed by atoms with Crippen LogP contribution in [0.25, 0.3) is 5.69 Å². The summed E-state index contributed by atoms with van der Waals surface area (Å²) >= 11 is 7.76. The molecular formula is C18H16ClN3OS. The molecule has 1 amide bonds. The number of hydrogen-bond donors (Lipinski definition) is 1. The highest BCUT2D eigenvalue weighted by Gasteiger charge is 2.16. The topological polar surface area (TPSA) is 46.9 Å². The van der Waals surface area contributed by atoms with Crippen molar-refractivity contribution in [3.8, 4) is 5.69 Å². The van der Waals surface area contributed by atoms with Crippen LogP contribution in [0, 0.1) is 6.92 Å². The number of thioether (sulfide) groups is 1. The number of halogens is 1. The van der Waals surface area contributed by atoms with Crippen molar-refractivity contribution in [1.29, 1.82) is 0 Å². The predicted octanol–water partition coefficient (Wildman–Crippen LogP) is 4.81. The number of anilines is 1. The molecule has 24 heavy (non-hydrogen) atoms. The van der Waals surface area contributed by atoms with E-state index in [2.05, 4.69) is 10.4 Å². The second-order valence-corrected chi connectivity index (χ2v) is 6.51. The van der Waals surface area contributed by atoms with Gasteiger partial charge < -0.3 is 5.32 Å². The quantitative estimate of drug-likeness (QED) is 0.682. The molecule has 0 aliphatic carbocycles. The van der Waals surface area contributed by atoms with Crippen LogP contribution in [0.4, 0.5) is 5.82 Å². The van der Waals surface area contributed by atoms with Crippen LogP contribution in [-0.2, 0) is 0 Å². The van der Waals surface area contributed by atoms with Crippen molar-refractivity contribution in [3.63, 3.8) is 0 Å². The number of rotatable bonds is 4. The SMILES string of the molecule is CSc1ccc(Cl)c(C(=O)Nc2c(C)cnn2-c2ccccc2)c1. The van der Waals surface area contributed by atoms with Crippen molar-refractivity contribution in [2.24, 2.45) is 0 Å². The van der Waals surface area contributed by atoms with E-state index in [1.54, 1.807) is 34.8 Å². The Kier molecular flexibility index (Phi) is 4.92. The Labute approximate surface area is 149 Å². The van der Waals surface area contributed by atoms with E-state index in [9.17, 15) is 4.79 Å². The Bertz CT molecular complexity index is 877. The zero-order valence-electron chi connectivity index (χ0n) is 13.3. The maximum absolute atomic E-state index is 12.7. The van der Waals surface area contributed by atoms with Gasteiger partial charge in [0.25, 0.3) is 5.91 Å². The molecule has 122 valence electrons. The summed E-state index contributed by atoms with van der Waals surface area (Å²) in [7, 11) is 0. The van der Waals surface area contributed by atoms with Gasteiger partial charge >= 0.3 is 0 Å². The highest BCUT2D eigenvalue weighted by molar-refractivity contribution is 7.98.